The number of hydrogen-bond donors (Lipinski definition) is 2. The van der Waals surface area contributed by atoms with Crippen LogP contribution in [0.5, 0.6) is 0 Å². The molecule has 2 aromatic rings. The summed E-state index contributed by atoms with van der Waals surface area (Å²) >= 11 is 0. The fourth-order valence-corrected chi connectivity index (χ4v) is 5.84. The molecule has 0 radical (unpaired) electrons. The molecule has 2 N–H and O–H groups in total. The SMILES string of the molecule is O=C(COC(=O)c1c[nH]c2ccccc12)NC1C2CC3CC(C2)CC1C3. The lowest BCUT2D eigenvalue weighted by molar-refractivity contribution is -0.128. The Morgan fingerprint density at radius 1 is 1.04 bits per heavy atom. The average molecular weight is 352 g/mol. The van der Waals surface area contributed by atoms with E-state index in [4.69, 9.17) is 4.74 Å². The monoisotopic (exact) mass is 352 g/mol. The topological polar surface area (TPSA) is 71.2 Å². The van der Waals surface area contributed by atoms with Gasteiger partial charge in [-0.05, 0) is 61.8 Å². The van der Waals surface area contributed by atoms with E-state index in [1.54, 1.807) is 6.20 Å². The predicted octanol–water partition coefficient (Wildman–Crippen LogP) is 3.27. The summed E-state index contributed by atoms with van der Waals surface area (Å²) in [6.07, 6.45) is 8.07. The summed E-state index contributed by atoms with van der Waals surface area (Å²) in [4.78, 5) is 27.8. The van der Waals surface area contributed by atoms with Crippen molar-refractivity contribution in [3.63, 3.8) is 0 Å². The third-order valence-electron chi connectivity index (χ3n) is 6.70. The summed E-state index contributed by atoms with van der Waals surface area (Å²) in [5.41, 5.74) is 1.36. The van der Waals surface area contributed by atoms with Gasteiger partial charge in [-0.3, -0.25) is 4.79 Å². The standard InChI is InChI=1S/C21H24N2O3/c24-19(23-20-14-6-12-5-13(8-14)9-15(20)7-12)11-26-21(25)17-10-22-18-4-2-1-3-16(17)18/h1-4,10,12-15,20,22H,5-9,11H2,(H,23,24). The van der Waals surface area contributed by atoms with E-state index in [-0.39, 0.29) is 18.6 Å². The van der Waals surface area contributed by atoms with E-state index in [2.05, 4.69) is 10.3 Å². The number of carbonyl (C=O) groups excluding carboxylic acids is 2. The molecular weight excluding hydrogens is 328 g/mol. The molecule has 5 nitrogen and oxygen atoms in total. The van der Waals surface area contributed by atoms with E-state index in [9.17, 15) is 9.59 Å². The Morgan fingerprint density at radius 2 is 1.73 bits per heavy atom. The number of aromatic amines is 1. The molecule has 4 bridgehead atoms. The van der Waals surface area contributed by atoms with Crippen LogP contribution in [-0.2, 0) is 9.53 Å². The zero-order valence-electron chi connectivity index (χ0n) is 14.7. The first-order chi connectivity index (χ1) is 12.7. The van der Waals surface area contributed by atoms with Gasteiger partial charge in [0.05, 0.1) is 5.56 Å². The van der Waals surface area contributed by atoms with E-state index >= 15 is 0 Å². The number of para-hydroxylation sites is 1. The van der Waals surface area contributed by atoms with Gasteiger partial charge in [-0.25, -0.2) is 4.79 Å². The molecule has 4 aliphatic carbocycles. The number of esters is 1. The van der Waals surface area contributed by atoms with Crippen molar-refractivity contribution in [3.05, 3.63) is 36.0 Å². The maximum Gasteiger partial charge on any atom is 0.340 e. The highest BCUT2D eigenvalue weighted by Gasteiger charge is 2.48. The van der Waals surface area contributed by atoms with Gasteiger partial charge in [0, 0.05) is 23.1 Å². The van der Waals surface area contributed by atoms with Gasteiger partial charge in [-0.2, -0.15) is 0 Å². The second-order valence-electron chi connectivity index (χ2n) is 8.35. The average Bonchev–Trinajstić information content (AvgIpc) is 3.06. The van der Waals surface area contributed by atoms with Crippen molar-refractivity contribution < 1.29 is 14.3 Å². The summed E-state index contributed by atoms with van der Waals surface area (Å²) in [5, 5.41) is 3.99. The number of benzene rings is 1. The maximum atomic E-state index is 12.4. The van der Waals surface area contributed by atoms with Crippen molar-refractivity contribution in [3.8, 4) is 0 Å². The molecule has 0 aliphatic heterocycles. The molecule has 1 heterocycles. The fraction of sp³-hybridized carbons (Fsp3) is 0.524. The van der Waals surface area contributed by atoms with Crippen molar-refractivity contribution in [1.29, 1.82) is 0 Å². The molecule has 1 amide bonds. The van der Waals surface area contributed by atoms with E-state index < -0.39 is 5.97 Å². The van der Waals surface area contributed by atoms with Crippen LogP contribution in [0.15, 0.2) is 30.5 Å². The zero-order chi connectivity index (χ0) is 17.7. The first-order valence-electron chi connectivity index (χ1n) is 9.70. The summed E-state index contributed by atoms with van der Waals surface area (Å²) in [7, 11) is 0. The van der Waals surface area contributed by atoms with Crippen molar-refractivity contribution in [2.24, 2.45) is 23.7 Å². The molecule has 4 saturated carbocycles. The number of ether oxygens (including phenoxy) is 1. The molecule has 5 heteroatoms. The molecule has 0 spiro atoms. The molecule has 136 valence electrons. The molecular formula is C21H24N2O3. The second-order valence-corrected chi connectivity index (χ2v) is 8.35. The third-order valence-corrected chi connectivity index (χ3v) is 6.70. The Labute approximate surface area is 152 Å². The molecule has 26 heavy (non-hydrogen) atoms. The van der Waals surface area contributed by atoms with E-state index in [1.807, 2.05) is 24.3 Å². The van der Waals surface area contributed by atoms with Crippen LogP contribution < -0.4 is 5.32 Å². The van der Waals surface area contributed by atoms with Gasteiger partial charge in [-0.15, -0.1) is 0 Å². The Morgan fingerprint density at radius 3 is 2.46 bits per heavy atom. The summed E-state index contributed by atoms with van der Waals surface area (Å²) in [6.45, 7) is -0.207. The Bertz CT molecular complexity index is 828. The molecule has 6 rings (SSSR count). The van der Waals surface area contributed by atoms with Crippen molar-refractivity contribution in [2.75, 3.05) is 6.61 Å². The van der Waals surface area contributed by atoms with Crippen LogP contribution in [0.4, 0.5) is 0 Å². The smallest absolute Gasteiger partial charge is 0.340 e. The second kappa shape index (κ2) is 6.15. The fourth-order valence-electron chi connectivity index (χ4n) is 5.84. The minimum absolute atomic E-state index is 0.171. The minimum Gasteiger partial charge on any atom is -0.452 e. The Kier molecular flexibility index (Phi) is 3.76. The van der Waals surface area contributed by atoms with Gasteiger partial charge in [0.15, 0.2) is 6.61 Å². The number of fused-ring (bicyclic) bond motifs is 1. The normalized spacial score (nSPS) is 31.9. The number of carbonyl (C=O) groups is 2. The van der Waals surface area contributed by atoms with Gasteiger partial charge in [-0.1, -0.05) is 18.2 Å². The van der Waals surface area contributed by atoms with E-state index in [0.29, 0.717) is 17.4 Å². The van der Waals surface area contributed by atoms with Crippen LogP contribution in [0.2, 0.25) is 0 Å². The summed E-state index contributed by atoms with van der Waals surface area (Å²) in [6, 6.07) is 7.85. The van der Waals surface area contributed by atoms with Crippen molar-refractivity contribution >= 4 is 22.8 Å². The highest BCUT2D eigenvalue weighted by atomic mass is 16.5. The molecule has 1 aromatic carbocycles. The van der Waals surface area contributed by atoms with E-state index in [1.165, 1.54) is 32.1 Å². The number of rotatable bonds is 4. The zero-order valence-corrected chi connectivity index (χ0v) is 14.7. The lowest BCUT2D eigenvalue weighted by Gasteiger charge is -2.54. The highest BCUT2D eigenvalue weighted by Crippen LogP contribution is 2.53. The molecule has 4 aliphatic rings. The van der Waals surface area contributed by atoms with Gasteiger partial charge < -0.3 is 15.0 Å². The number of amides is 1. The van der Waals surface area contributed by atoms with Crippen LogP contribution >= 0.6 is 0 Å². The maximum absolute atomic E-state index is 12.4. The van der Waals surface area contributed by atoms with Gasteiger partial charge in [0.25, 0.3) is 5.91 Å². The molecule has 4 fully saturated rings. The first-order valence-corrected chi connectivity index (χ1v) is 9.70. The van der Waals surface area contributed by atoms with Gasteiger partial charge in [0.2, 0.25) is 0 Å². The number of hydrogen-bond acceptors (Lipinski definition) is 3. The molecule has 0 saturated heterocycles. The van der Waals surface area contributed by atoms with Gasteiger partial charge >= 0.3 is 5.97 Å². The van der Waals surface area contributed by atoms with E-state index in [0.717, 1.165) is 22.7 Å². The number of nitrogens with one attached hydrogen (secondary N) is 2. The molecule has 0 atom stereocenters. The van der Waals surface area contributed by atoms with Crippen molar-refractivity contribution in [1.82, 2.24) is 10.3 Å². The van der Waals surface area contributed by atoms with Gasteiger partial charge in [0.1, 0.15) is 0 Å². The number of aromatic nitrogens is 1. The van der Waals surface area contributed by atoms with Crippen LogP contribution in [-0.4, -0.2) is 29.5 Å². The first kappa shape index (κ1) is 15.9. The Hall–Kier alpha value is -2.30. The highest BCUT2D eigenvalue weighted by molar-refractivity contribution is 6.04. The minimum atomic E-state index is -0.456. The quantitative estimate of drug-likeness (QED) is 0.830. The van der Waals surface area contributed by atoms with Crippen LogP contribution in [0.1, 0.15) is 42.5 Å². The lowest BCUT2D eigenvalue weighted by Crippen LogP contribution is -2.56. The van der Waals surface area contributed by atoms with Crippen LogP contribution in [0.25, 0.3) is 10.9 Å². The van der Waals surface area contributed by atoms with Crippen LogP contribution in [0, 0.1) is 23.7 Å². The Balaban J connectivity index is 1.19. The largest absolute Gasteiger partial charge is 0.452 e. The lowest BCUT2D eigenvalue weighted by atomic mass is 9.54. The van der Waals surface area contributed by atoms with Crippen molar-refractivity contribution in [2.45, 2.75) is 38.1 Å². The van der Waals surface area contributed by atoms with Crippen LogP contribution in [0.3, 0.4) is 0 Å². The molecule has 1 aromatic heterocycles. The summed E-state index contributed by atoms with van der Waals surface area (Å²) in [5.74, 6) is 2.38. The number of H-pyrrole nitrogens is 1. The third kappa shape index (κ3) is 2.70. The summed E-state index contributed by atoms with van der Waals surface area (Å²) < 4.78 is 5.28. The predicted molar refractivity (Wildman–Crippen MR) is 97.6 cm³/mol. The molecule has 0 unspecified atom stereocenters.